The molecule has 3 N–H and O–H groups in total. The first-order valence-corrected chi connectivity index (χ1v) is 15.1. The van der Waals surface area contributed by atoms with Crippen molar-refractivity contribution >= 4 is 6.09 Å². The van der Waals surface area contributed by atoms with Crippen LogP contribution in [0, 0.1) is 52.3 Å². The fourth-order valence-electron chi connectivity index (χ4n) is 10.3. The van der Waals surface area contributed by atoms with Gasteiger partial charge in [0, 0.05) is 13.0 Å². The van der Waals surface area contributed by atoms with Crippen LogP contribution in [0.1, 0.15) is 91.9 Å². The summed E-state index contributed by atoms with van der Waals surface area (Å²) >= 11 is 0. The number of fused-ring (bicyclic) bond motifs is 5. The molecule has 5 aliphatic rings. The molecule has 0 aromatic heterocycles. The highest BCUT2D eigenvalue weighted by Crippen LogP contribution is 2.69. The summed E-state index contributed by atoms with van der Waals surface area (Å²) in [6, 6.07) is 0. The van der Waals surface area contributed by atoms with Crippen LogP contribution in [0.4, 0.5) is 4.79 Å². The van der Waals surface area contributed by atoms with Gasteiger partial charge in [0.1, 0.15) is 6.10 Å². The van der Waals surface area contributed by atoms with Crippen molar-refractivity contribution in [3.05, 3.63) is 0 Å². The van der Waals surface area contributed by atoms with Crippen LogP contribution in [0.2, 0.25) is 0 Å². The number of alkyl carbamates (subject to hydrolysis) is 1. The first kappa shape index (κ1) is 26.7. The fourth-order valence-corrected chi connectivity index (χ4v) is 10.3. The third-order valence-electron chi connectivity index (χ3n) is 12.2. The van der Waals surface area contributed by atoms with Crippen LogP contribution in [-0.2, 0) is 9.47 Å². The molecule has 1 amide bonds. The van der Waals surface area contributed by atoms with Gasteiger partial charge in [-0.1, -0.05) is 34.1 Å². The van der Waals surface area contributed by atoms with Gasteiger partial charge in [-0.2, -0.15) is 0 Å². The molecule has 5 rings (SSSR count). The lowest BCUT2D eigenvalue weighted by Crippen LogP contribution is -2.62. The molecule has 1 saturated heterocycles. The quantitative estimate of drug-likeness (QED) is 0.464. The van der Waals surface area contributed by atoms with Crippen LogP contribution in [0.5, 0.6) is 0 Å². The Morgan fingerprint density at radius 1 is 1.06 bits per heavy atom. The zero-order valence-electron chi connectivity index (χ0n) is 23.1. The first-order chi connectivity index (χ1) is 17.2. The normalized spacial score (nSPS) is 49.0. The van der Waals surface area contributed by atoms with Crippen molar-refractivity contribution in [1.29, 1.82) is 0 Å². The summed E-state index contributed by atoms with van der Waals surface area (Å²) in [6.45, 7) is 11.5. The van der Waals surface area contributed by atoms with Gasteiger partial charge in [0.2, 0.25) is 0 Å². The van der Waals surface area contributed by atoms with E-state index >= 15 is 0 Å². The predicted octanol–water partition coefficient (Wildman–Crippen LogP) is 5.15. The van der Waals surface area contributed by atoms with Gasteiger partial charge in [-0.15, -0.1) is 0 Å². The zero-order chi connectivity index (χ0) is 25.7. The summed E-state index contributed by atoms with van der Waals surface area (Å²) in [6.07, 6.45) is 9.75. The summed E-state index contributed by atoms with van der Waals surface area (Å²) in [5, 5.41) is 25.3. The van der Waals surface area contributed by atoms with E-state index in [1.54, 1.807) is 0 Å². The average molecular weight is 506 g/mol. The first-order valence-electron chi connectivity index (χ1n) is 15.1. The number of nitrogens with one attached hydrogen (secondary N) is 1. The van der Waals surface area contributed by atoms with E-state index in [4.69, 9.17) is 9.47 Å². The summed E-state index contributed by atoms with van der Waals surface area (Å²) in [5.74, 6) is 3.48. The number of aliphatic hydroxyl groups is 2. The maximum Gasteiger partial charge on any atom is 0.407 e. The van der Waals surface area contributed by atoms with E-state index in [1.807, 2.05) is 0 Å². The Balaban J connectivity index is 1.24. The standard InChI is InChI=1S/C30H51NO5/c1-5-21-25-16-19(32)8-12-30(25,4)24-9-13-29(3)22(6-7-23(29)26(24)27(21)33)18(2)10-14-31-28(34)36-20-11-15-35-17-20/h18-27,32-33H,5-17H2,1-4H3,(H,31,34)/t18-,19-,20+,21-,22-,23+,24+,25+,26+,27-,29-,30-/m1/s1. The Hall–Kier alpha value is -0.850. The van der Waals surface area contributed by atoms with Gasteiger partial charge in [-0.05, 0) is 104 Å². The number of aliphatic hydroxyl groups excluding tert-OH is 2. The highest BCUT2D eigenvalue weighted by Gasteiger charge is 2.64. The maximum atomic E-state index is 12.2. The number of amides is 1. The van der Waals surface area contributed by atoms with Gasteiger partial charge >= 0.3 is 6.09 Å². The molecule has 0 aromatic rings. The summed E-state index contributed by atoms with van der Waals surface area (Å²) in [7, 11) is 0. The number of hydrogen-bond donors (Lipinski definition) is 3. The van der Waals surface area contributed by atoms with Crippen LogP contribution in [-0.4, -0.2) is 54.4 Å². The molecule has 4 saturated carbocycles. The summed E-state index contributed by atoms with van der Waals surface area (Å²) in [5.41, 5.74) is 0.516. The second-order valence-electron chi connectivity index (χ2n) is 13.7. The minimum absolute atomic E-state index is 0.102. The van der Waals surface area contributed by atoms with E-state index in [1.165, 1.54) is 25.7 Å². The van der Waals surface area contributed by atoms with Crippen molar-refractivity contribution in [2.75, 3.05) is 19.8 Å². The van der Waals surface area contributed by atoms with Crippen molar-refractivity contribution in [3.8, 4) is 0 Å². The molecule has 0 unspecified atom stereocenters. The number of carbonyl (C=O) groups is 1. The number of rotatable bonds is 6. The molecule has 6 nitrogen and oxygen atoms in total. The average Bonchev–Trinajstić information content (AvgIpc) is 3.47. The smallest absolute Gasteiger partial charge is 0.407 e. The third-order valence-corrected chi connectivity index (χ3v) is 12.2. The monoisotopic (exact) mass is 505 g/mol. The second kappa shape index (κ2) is 10.4. The van der Waals surface area contributed by atoms with E-state index in [9.17, 15) is 15.0 Å². The Bertz CT molecular complexity index is 785. The van der Waals surface area contributed by atoms with Gasteiger partial charge in [0.15, 0.2) is 0 Å². The second-order valence-corrected chi connectivity index (χ2v) is 13.7. The minimum atomic E-state index is -0.315. The van der Waals surface area contributed by atoms with Gasteiger partial charge in [-0.3, -0.25) is 0 Å². The third kappa shape index (κ3) is 4.51. The largest absolute Gasteiger partial charge is 0.444 e. The molecular weight excluding hydrogens is 454 g/mol. The van der Waals surface area contributed by atoms with E-state index < -0.39 is 0 Å². The van der Waals surface area contributed by atoms with E-state index in [0.29, 0.717) is 61.2 Å². The zero-order valence-corrected chi connectivity index (χ0v) is 23.1. The summed E-state index contributed by atoms with van der Waals surface area (Å²) < 4.78 is 10.8. The van der Waals surface area contributed by atoms with Crippen LogP contribution >= 0.6 is 0 Å². The number of ether oxygens (including phenoxy) is 2. The summed E-state index contributed by atoms with van der Waals surface area (Å²) in [4.78, 5) is 12.2. The molecule has 206 valence electrons. The van der Waals surface area contributed by atoms with Crippen LogP contribution in [0.25, 0.3) is 0 Å². The Morgan fingerprint density at radius 2 is 1.81 bits per heavy atom. The topological polar surface area (TPSA) is 88.0 Å². The molecular formula is C30H51NO5. The van der Waals surface area contributed by atoms with Crippen LogP contribution in [0.3, 0.4) is 0 Å². The molecule has 5 fully saturated rings. The van der Waals surface area contributed by atoms with Crippen molar-refractivity contribution in [1.82, 2.24) is 5.32 Å². The fraction of sp³-hybridized carbons (Fsp3) is 0.967. The molecule has 4 aliphatic carbocycles. The van der Waals surface area contributed by atoms with E-state index in [2.05, 4.69) is 33.0 Å². The predicted molar refractivity (Wildman–Crippen MR) is 139 cm³/mol. The molecule has 1 aliphatic heterocycles. The highest BCUT2D eigenvalue weighted by molar-refractivity contribution is 5.67. The number of carbonyl (C=O) groups excluding carboxylic acids is 1. The van der Waals surface area contributed by atoms with E-state index in [-0.39, 0.29) is 35.2 Å². The molecule has 0 bridgehead atoms. The Kier molecular flexibility index (Phi) is 7.71. The lowest BCUT2D eigenvalue weighted by atomic mass is 9.41. The minimum Gasteiger partial charge on any atom is -0.444 e. The van der Waals surface area contributed by atoms with Gasteiger partial charge < -0.3 is 25.0 Å². The molecule has 6 heteroatoms. The molecule has 36 heavy (non-hydrogen) atoms. The van der Waals surface area contributed by atoms with Gasteiger partial charge in [0.25, 0.3) is 0 Å². The molecule has 0 spiro atoms. The van der Waals surface area contributed by atoms with Crippen LogP contribution in [0.15, 0.2) is 0 Å². The lowest BCUT2D eigenvalue weighted by Gasteiger charge is -2.64. The Morgan fingerprint density at radius 3 is 2.53 bits per heavy atom. The van der Waals surface area contributed by atoms with Crippen LogP contribution < -0.4 is 5.32 Å². The van der Waals surface area contributed by atoms with Crippen molar-refractivity contribution in [2.24, 2.45) is 52.3 Å². The molecule has 0 radical (unpaired) electrons. The van der Waals surface area contributed by atoms with Crippen molar-refractivity contribution in [2.45, 2.75) is 110 Å². The van der Waals surface area contributed by atoms with E-state index in [0.717, 1.165) is 38.5 Å². The highest BCUT2D eigenvalue weighted by atomic mass is 16.6. The molecule has 12 atom stereocenters. The van der Waals surface area contributed by atoms with Gasteiger partial charge in [0.05, 0.1) is 25.4 Å². The maximum absolute atomic E-state index is 12.2. The SMILES string of the molecule is CC[C@H]1[C@@H](O)[C@@H]2[C@H](CC[C@]3(C)[C@@H]([C@H](C)CCNC(=O)O[C@H]4CCOC4)CC[C@@H]23)[C@@]2(C)CC[C@@H](O)C[C@@H]12. The molecule has 0 aromatic carbocycles. The Labute approximate surface area is 218 Å². The van der Waals surface area contributed by atoms with Gasteiger partial charge in [-0.25, -0.2) is 4.79 Å². The van der Waals surface area contributed by atoms with Crippen molar-refractivity contribution < 1.29 is 24.5 Å². The number of hydrogen-bond acceptors (Lipinski definition) is 5. The van der Waals surface area contributed by atoms with Crippen molar-refractivity contribution in [3.63, 3.8) is 0 Å². The molecule has 1 heterocycles. The lowest BCUT2D eigenvalue weighted by molar-refractivity contribution is -0.203.